The fourth-order valence-corrected chi connectivity index (χ4v) is 0. The van der Waals surface area contributed by atoms with Crippen molar-refractivity contribution in [3.05, 3.63) is 0 Å². The van der Waals surface area contributed by atoms with Crippen LogP contribution in [0.3, 0.4) is 0 Å². The highest BCUT2D eigenvalue weighted by Crippen LogP contribution is 2.78. The largest absolute Gasteiger partial charge is 0.402 e. The molecule has 0 aliphatic heterocycles. The highest BCUT2D eigenvalue weighted by molar-refractivity contribution is 8.46. The molecule has 0 aliphatic carbocycles. The van der Waals surface area contributed by atoms with Gasteiger partial charge in [-0.3, -0.25) is 0 Å². The van der Waals surface area contributed by atoms with Gasteiger partial charge in [0, 0.05) is 0 Å². The minimum Gasteiger partial charge on any atom is 0.150 e. The second-order valence-corrected chi connectivity index (χ2v) is 10.3. The molecule has 0 aliphatic rings. The molecule has 32 valence electrons. The first-order valence-electron chi connectivity index (χ1n) is 0.676. The third-order valence-electron chi connectivity index (χ3n) is 0. The molecule has 0 bridgehead atoms. The van der Waals surface area contributed by atoms with Gasteiger partial charge >= 0.3 is 4.67 Å². The summed E-state index contributed by atoms with van der Waals surface area (Å²) in [5.74, 6) is 0. The molecular weight excluding hydrogens is 173 g/mol. The van der Waals surface area contributed by atoms with Crippen LogP contribution in [0, 0.1) is 0 Å². The lowest BCUT2D eigenvalue weighted by atomic mass is 30.2. The molecule has 0 nitrogen and oxygen atoms in total. The first-order valence-corrected chi connectivity index (χ1v) is 6.09. The molecule has 0 N–H and O–H groups in total. The Kier molecular flexibility index (Phi) is 2.69. The van der Waals surface area contributed by atoms with Gasteiger partial charge in [0.2, 0.25) is 0 Å². The SMILES string of the molecule is Cl[P+](Cl)(Cl)Cl. The molecule has 0 saturated heterocycles. The van der Waals surface area contributed by atoms with Crippen molar-refractivity contribution >= 4 is 49.6 Å². The van der Waals surface area contributed by atoms with E-state index in [2.05, 4.69) is 0 Å². The van der Waals surface area contributed by atoms with Gasteiger partial charge in [-0.05, 0) is 0 Å². The summed E-state index contributed by atoms with van der Waals surface area (Å²) in [6, 6.07) is 0. The van der Waals surface area contributed by atoms with E-state index < -0.39 is 4.67 Å². The minimum atomic E-state index is -2.50. The summed E-state index contributed by atoms with van der Waals surface area (Å²) in [5, 5.41) is 0. The van der Waals surface area contributed by atoms with E-state index in [0.29, 0.717) is 0 Å². The first-order chi connectivity index (χ1) is 2.00. The molecule has 5 heavy (non-hydrogen) atoms. The summed E-state index contributed by atoms with van der Waals surface area (Å²) < 4.78 is -2.50. The van der Waals surface area contributed by atoms with Gasteiger partial charge in [0.15, 0.2) is 0 Å². The topological polar surface area (TPSA) is 0 Å². The molecule has 0 rings (SSSR count). The lowest BCUT2D eigenvalue weighted by Gasteiger charge is -1.73. The zero-order chi connectivity index (χ0) is 4.50. The molecule has 0 unspecified atom stereocenters. The van der Waals surface area contributed by atoms with Crippen LogP contribution in [0.4, 0.5) is 0 Å². The quantitative estimate of drug-likeness (QED) is 0.490. The molecule has 5 heteroatoms. The Labute approximate surface area is 49.8 Å². The maximum Gasteiger partial charge on any atom is 0.402 e. The monoisotopic (exact) mass is 171 g/mol. The minimum absolute atomic E-state index is 2.50. The Morgan fingerprint density at radius 3 is 0.800 bits per heavy atom. The van der Waals surface area contributed by atoms with Crippen molar-refractivity contribution in [2.75, 3.05) is 0 Å². The molecular formula is Cl4P+. The van der Waals surface area contributed by atoms with Gasteiger partial charge in [-0.25, -0.2) is 0 Å². The maximum absolute atomic E-state index is 4.94. The summed E-state index contributed by atoms with van der Waals surface area (Å²) in [4.78, 5) is 0. The lowest BCUT2D eigenvalue weighted by molar-refractivity contribution is 4.32. The second-order valence-electron chi connectivity index (χ2n) is 0.383. The highest BCUT2D eigenvalue weighted by atomic mass is 36.2. The summed E-state index contributed by atoms with van der Waals surface area (Å²) in [6.45, 7) is 0. The lowest BCUT2D eigenvalue weighted by Crippen LogP contribution is -1.22. The molecule has 0 fully saturated rings. The fourth-order valence-electron chi connectivity index (χ4n) is 0. The standard InChI is InChI=1S/Cl4P/c1-5(2,3)4/q+1. The van der Waals surface area contributed by atoms with Crippen molar-refractivity contribution in [3.8, 4) is 0 Å². The van der Waals surface area contributed by atoms with Crippen LogP contribution in [-0.4, -0.2) is 0 Å². The third kappa shape index (κ3) is 28.5. The summed E-state index contributed by atoms with van der Waals surface area (Å²) >= 11 is 19.8. The van der Waals surface area contributed by atoms with E-state index in [4.69, 9.17) is 45.0 Å². The van der Waals surface area contributed by atoms with Gasteiger partial charge in [0.05, 0.1) is 0 Å². The van der Waals surface area contributed by atoms with Crippen molar-refractivity contribution in [1.82, 2.24) is 0 Å². The van der Waals surface area contributed by atoms with Gasteiger partial charge in [-0.1, -0.05) is 0 Å². The van der Waals surface area contributed by atoms with Crippen LogP contribution in [0.2, 0.25) is 0 Å². The maximum atomic E-state index is 4.94. The van der Waals surface area contributed by atoms with Gasteiger partial charge in [-0.2, -0.15) is 0 Å². The van der Waals surface area contributed by atoms with Crippen molar-refractivity contribution < 1.29 is 0 Å². The Balaban J connectivity index is 3.02. The van der Waals surface area contributed by atoms with Crippen LogP contribution in [0.25, 0.3) is 0 Å². The Morgan fingerprint density at radius 1 is 0.800 bits per heavy atom. The molecule has 0 aromatic heterocycles. The molecule has 0 saturated carbocycles. The Morgan fingerprint density at radius 2 is 0.800 bits per heavy atom. The Hall–Kier alpha value is 1.59. The number of hydrogen-bond acceptors (Lipinski definition) is 0. The first kappa shape index (κ1) is 6.59. The van der Waals surface area contributed by atoms with Gasteiger partial charge in [-0.15, -0.1) is 0 Å². The van der Waals surface area contributed by atoms with Crippen LogP contribution >= 0.6 is 49.6 Å². The van der Waals surface area contributed by atoms with Crippen LogP contribution in [-0.2, 0) is 0 Å². The highest BCUT2D eigenvalue weighted by Gasteiger charge is 2.28. The van der Waals surface area contributed by atoms with Gasteiger partial charge in [0.1, 0.15) is 45.0 Å². The molecule has 0 spiro atoms. The Bertz CT molecular complexity index is 19.1. The molecule has 0 amide bonds. The zero-order valence-corrected chi connectivity index (χ0v) is 5.88. The summed E-state index contributed by atoms with van der Waals surface area (Å²) in [6.07, 6.45) is 0. The van der Waals surface area contributed by atoms with E-state index in [0.717, 1.165) is 0 Å². The zero-order valence-electron chi connectivity index (χ0n) is 1.96. The van der Waals surface area contributed by atoms with E-state index >= 15 is 0 Å². The van der Waals surface area contributed by atoms with E-state index in [1.54, 1.807) is 0 Å². The van der Waals surface area contributed by atoms with Crippen molar-refractivity contribution in [2.45, 2.75) is 0 Å². The molecule has 0 radical (unpaired) electrons. The van der Waals surface area contributed by atoms with Crippen LogP contribution < -0.4 is 0 Å². The molecule has 0 aromatic rings. The van der Waals surface area contributed by atoms with Gasteiger partial charge in [0.25, 0.3) is 0 Å². The van der Waals surface area contributed by atoms with Crippen LogP contribution in [0.1, 0.15) is 0 Å². The number of rotatable bonds is 0. The van der Waals surface area contributed by atoms with Gasteiger partial charge < -0.3 is 0 Å². The second kappa shape index (κ2) is 2.04. The van der Waals surface area contributed by atoms with E-state index in [1.165, 1.54) is 0 Å². The molecule has 0 atom stereocenters. The fraction of sp³-hybridized carbons (Fsp3) is 0. The predicted molar refractivity (Wildman–Crippen MR) is 30.3 cm³/mol. The summed E-state index contributed by atoms with van der Waals surface area (Å²) in [5.41, 5.74) is 0. The van der Waals surface area contributed by atoms with Crippen molar-refractivity contribution in [2.24, 2.45) is 0 Å². The van der Waals surface area contributed by atoms with Crippen LogP contribution in [0.15, 0.2) is 0 Å². The third-order valence-corrected chi connectivity index (χ3v) is 0. The smallest absolute Gasteiger partial charge is 0.150 e. The number of halogens is 4. The normalized spacial score (nSPS) is 12.0. The van der Waals surface area contributed by atoms with Crippen molar-refractivity contribution in [3.63, 3.8) is 0 Å². The average molecular weight is 173 g/mol. The van der Waals surface area contributed by atoms with E-state index in [1.807, 2.05) is 0 Å². The van der Waals surface area contributed by atoms with Crippen molar-refractivity contribution in [1.29, 1.82) is 0 Å². The predicted octanol–water partition coefficient (Wildman–Crippen LogP) is 3.62. The van der Waals surface area contributed by atoms with Crippen LogP contribution in [0.5, 0.6) is 0 Å². The van der Waals surface area contributed by atoms with E-state index in [-0.39, 0.29) is 0 Å². The molecule has 0 aromatic carbocycles. The molecule has 0 heterocycles. The van der Waals surface area contributed by atoms with E-state index in [9.17, 15) is 0 Å². The number of hydrogen-bond donors (Lipinski definition) is 0. The average Bonchev–Trinajstić information content (AvgIpc) is 0.722. The summed E-state index contributed by atoms with van der Waals surface area (Å²) in [7, 11) is 0.